The summed E-state index contributed by atoms with van der Waals surface area (Å²) in [6, 6.07) is 20.2. The van der Waals surface area contributed by atoms with Crippen molar-refractivity contribution in [2.24, 2.45) is 0 Å². The van der Waals surface area contributed by atoms with Gasteiger partial charge in [-0.05, 0) is 17.0 Å². The van der Waals surface area contributed by atoms with Crippen LogP contribution >= 0.6 is 0 Å². The summed E-state index contributed by atoms with van der Waals surface area (Å²) in [5, 5.41) is 13.0. The third-order valence-corrected chi connectivity index (χ3v) is 4.73. The van der Waals surface area contributed by atoms with Crippen LogP contribution in [0.4, 0.5) is 0 Å². The maximum absolute atomic E-state index is 12.1. The topological polar surface area (TPSA) is 66.4 Å². The van der Waals surface area contributed by atoms with Crippen LogP contribution < -0.4 is 4.72 Å². The fourth-order valence-corrected chi connectivity index (χ4v) is 3.19. The molecule has 0 saturated heterocycles. The van der Waals surface area contributed by atoms with Crippen LogP contribution in [0.2, 0.25) is 0 Å². The summed E-state index contributed by atoms with van der Waals surface area (Å²) in [6.45, 7) is 0.0259. The molecule has 0 bridgehead atoms. The van der Waals surface area contributed by atoms with Crippen molar-refractivity contribution >= 4 is 26.9 Å². The number of benzene rings is 3. The first-order valence-corrected chi connectivity index (χ1v) is 9.02. The number of phenolic OH excluding ortho intramolecular Hbond substituents is 1. The number of fused-ring (bicyclic) bond motifs is 1. The highest BCUT2D eigenvalue weighted by atomic mass is 32.2. The number of aromatic hydroxyl groups is 1. The van der Waals surface area contributed by atoms with Crippen LogP contribution in [-0.2, 0) is 16.6 Å². The van der Waals surface area contributed by atoms with Crippen molar-refractivity contribution in [3.05, 3.63) is 83.3 Å². The molecule has 0 unspecified atom stereocenters. The Morgan fingerprint density at radius 1 is 0.917 bits per heavy atom. The lowest BCUT2D eigenvalue weighted by atomic mass is 10.1. The molecule has 0 heterocycles. The van der Waals surface area contributed by atoms with Crippen LogP contribution in [0.15, 0.2) is 72.1 Å². The smallest absolute Gasteiger partial charge is 0.234 e. The van der Waals surface area contributed by atoms with Gasteiger partial charge in [0.2, 0.25) is 10.0 Å². The molecule has 0 aromatic heterocycles. The van der Waals surface area contributed by atoms with E-state index in [-0.39, 0.29) is 12.3 Å². The fraction of sp³-hybridized carbons (Fsp3) is 0.0526. The molecule has 5 heteroatoms. The maximum Gasteiger partial charge on any atom is 0.234 e. The van der Waals surface area contributed by atoms with Gasteiger partial charge in [0.1, 0.15) is 5.75 Å². The van der Waals surface area contributed by atoms with Crippen LogP contribution in [0, 0.1) is 0 Å². The van der Waals surface area contributed by atoms with Crippen LogP contribution in [0.3, 0.4) is 0 Å². The lowest BCUT2D eigenvalue weighted by Gasteiger charge is -2.08. The summed E-state index contributed by atoms with van der Waals surface area (Å²) in [6.07, 6.45) is 1.53. The van der Waals surface area contributed by atoms with Gasteiger partial charge in [0.15, 0.2) is 0 Å². The van der Waals surface area contributed by atoms with Gasteiger partial charge in [0.05, 0.1) is 0 Å². The van der Waals surface area contributed by atoms with Crippen molar-refractivity contribution in [2.45, 2.75) is 6.54 Å². The molecule has 0 fully saturated rings. The molecular formula is C19H17NO3S. The predicted molar refractivity (Wildman–Crippen MR) is 96.8 cm³/mol. The van der Waals surface area contributed by atoms with Gasteiger partial charge >= 0.3 is 0 Å². The second-order valence-electron chi connectivity index (χ2n) is 5.37. The molecule has 0 spiro atoms. The van der Waals surface area contributed by atoms with E-state index in [0.29, 0.717) is 10.9 Å². The standard InChI is InChI=1S/C19H17NO3S/c21-19-17(11-10-16-8-4-5-9-18(16)19)14-20-24(22,23)13-12-15-6-2-1-3-7-15/h1-13,20-21H,14H2. The summed E-state index contributed by atoms with van der Waals surface area (Å²) < 4.78 is 26.6. The minimum Gasteiger partial charge on any atom is -0.507 e. The molecule has 0 aliphatic rings. The summed E-state index contributed by atoms with van der Waals surface area (Å²) >= 11 is 0. The van der Waals surface area contributed by atoms with Gasteiger partial charge in [-0.1, -0.05) is 66.7 Å². The number of phenols is 1. The van der Waals surface area contributed by atoms with Crippen LogP contribution in [0.5, 0.6) is 5.75 Å². The summed E-state index contributed by atoms with van der Waals surface area (Å²) in [7, 11) is -3.59. The van der Waals surface area contributed by atoms with Crippen LogP contribution in [0.1, 0.15) is 11.1 Å². The molecule has 0 radical (unpaired) electrons. The van der Waals surface area contributed by atoms with Crippen LogP contribution in [0.25, 0.3) is 16.8 Å². The molecule has 3 rings (SSSR count). The van der Waals surface area contributed by atoms with E-state index in [1.807, 2.05) is 54.6 Å². The Kier molecular flexibility index (Phi) is 4.64. The molecular weight excluding hydrogens is 322 g/mol. The lowest BCUT2D eigenvalue weighted by Crippen LogP contribution is -2.20. The highest BCUT2D eigenvalue weighted by Gasteiger charge is 2.10. The Bertz CT molecular complexity index is 980. The Labute approximate surface area is 141 Å². The van der Waals surface area contributed by atoms with Crippen molar-refractivity contribution in [1.29, 1.82) is 0 Å². The van der Waals surface area contributed by atoms with Gasteiger partial charge in [-0.15, -0.1) is 0 Å². The first kappa shape index (κ1) is 16.2. The second kappa shape index (κ2) is 6.86. The predicted octanol–water partition coefficient (Wildman–Crippen LogP) is 3.64. The minimum absolute atomic E-state index is 0.0259. The Hall–Kier alpha value is -2.63. The summed E-state index contributed by atoms with van der Waals surface area (Å²) in [4.78, 5) is 0. The normalized spacial score (nSPS) is 12.0. The van der Waals surface area contributed by atoms with Gasteiger partial charge in [0.25, 0.3) is 0 Å². The molecule has 4 nitrogen and oxygen atoms in total. The molecule has 0 aliphatic heterocycles. The van der Waals surface area contributed by atoms with Gasteiger partial charge in [0, 0.05) is 22.9 Å². The van der Waals surface area contributed by atoms with Crippen LogP contribution in [-0.4, -0.2) is 13.5 Å². The van der Waals surface area contributed by atoms with E-state index in [4.69, 9.17) is 0 Å². The van der Waals surface area contributed by atoms with Crippen molar-refractivity contribution in [1.82, 2.24) is 4.72 Å². The monoisotopic (exact) mass is 339 g/mol. The first-order valence-electron chi connectivity index (χ1n) is 7.47. The van der Waals surface area contributed by atoms with Crippen molar-refractivity contribution in [3.8, 4) is 5.75 Å². The zero-order chi connectivity index (χ0) is 17.0. The van der Waals surface area contributed by atoms with Gasteiger partial charge in [-0.25, -0.2) is 13.1 Å². The summed E-state index contributed by atoms with van der Waals surface area (Å²) in [5.41, 5.74) is 1.34. The minimum atomic E-state index is -3.59. The number of nitrogens with one attached hydrogen (secondary N) is 1. The lowest BCUT2D eigenvalue weighted by molar-refractivity contribution is 0.473. The van der Waals surface area contributed by atoms with E-state index in [9.17, 15) is 13.5 Å². The molecule has 3 aromatic rings. The third-order valence-electron chi connectivity index (χ3n) is 3.69. The molecule has 24 heavy (non-hydrogen) atoms. The van der Waals surface area contributed by atoms with Crippen molar-refractivity contribution in [3.63, 3.8) is 0 Å². The Balaban J connectivity index is 1.75. The largest absolute Gasteiger partial charge is 0.507 e. The first-order chi connectivity index (χ1) is 11.6. The average Bonchev–Trinajstić information content (AvgIpc) is 2.61. The SMILES string of the molecule is O=S(=O)(C=Cc1ccccc1)NCc1ccc2ccccc2c1O. The molecule has 0 amide bonds. The number of hydrogen-bond acceptors (Lipinski definition) is 3. The summed E-state index contributed by atoms with van der Waals surface area (Å²) in [5.74, 6) is 0.0999. The second-order valence-corrected chi connectivity index (χ2v) is 7.02. The fourth-order valence-electron chi connectivity index (χ4n) is 2.40. The molecule has 2 N–H and O–H groups in total. The van der Waals surface area contributed by atoms with E-state index in [1.54, 1.807) is 12.1 Å². The highest BCUT2D eigenvalue weighted by molar-refractivity contribution is 7.92. The van der Waals surface area contributed by atoms with E-state index in [2.05, 4.69) is 4.72 Å². The average molecular weight is 339 g/mol. The zero-order valence-electron chi connectivity index (χ0n) is 12.9. The molecule has 0 aliphatic carbocycles. The number of sulfonamides is 1. The van der Waals surface area contributed by atoms with Crippen molar-refractivity contribution < 1.29 is 13.5 Å². The van der Waals surface area contributed by atoms with Crippen molar-refractivity contribution in [2.75, 3.05) is 0 Å². The van der Waals surface area contributed by atoms with Gasteiger partial charge in [-0.2, -0.15) is 0 Å². The Morgan fingerprint density at radius 3 is 2.42 bits per heavy atom. The van der Waals surface area contributed by atoms with E-state index >= 15 is 0 Å². The zero-order valence-corrected chi connectivity index (χ0v) is 13.7. The number of hydrogen-bond donors (Lipinski definition) is 2. The Morgan fingerprint density at radius 2 is 1.62 bits per heavy atom. The molecule has 0 atom stereocenters. The molecule has 3 aromatic carbocycles. The van der Waals surface area contributed by atoms with E-state index in [1.165, 1.54) is 6.08 Å². The van der Waals surface area contributed by atoms with Gasteiger partial charge < -0.3 is 5.11 Å². The van der Waals surface area contributed by atoms with E-state index < -0.39 is 10.0 Å². The van der Waals surface area contributed by atoms with Gasteiger partial charge in [-0.3, -0.25) is 0 Å². The van der Waals surface area contributed by atoms with E-state index in [0.717, 1.165) is 16.4 Å². The highest BCUT2D eigenvalue weighted by Crippen LogP contribution is 2.28. The molecule has 0 saturated carbocycles. The molecule has 122 valence electrons. The third kappa shape index (κ3) is 3.82. The number of rotatable bonds is 5. The maximum atomic E-state index is 12.1. The quantitative estimate of drug-likeness (QED) is 0.746.